The van der Waals surface area contributed by atoms with Crippen LogP contribution in [0.3, 0.4) is 0 Å². The molecule has 2 aliphatic rings. The van der Waals surface area contributed by atoms with E-state index in [0.29, 0.717) is 0 Å². The lowest BCUT2D eigenvalue weighted by Crippen LogP contribution is -2.25. The van der Waals surface area contributed by atoms with Crippen LogP contribution < -0.4 is 0 Å². The van der Waals surface area contributed by atoms with E-state index in [9.17, 15) is 0 Å². The molecule has 1 spiro atoms. The van der Waals surface area contributed by atoms with Gasteiger partial charge in [0.2, 0.25) is 0 Å². The molecule has 15 rings (SSSR count). The van der Waals surface area contributed by atoms with E-state index in [2.05, 4.69) is 212 Å². The third kappa shape index (κ3) is 4.66. The third-order valence-electron chi connectivity index (χ3n) is 14.7. The highest BCUT2D eigenvalue weighted by Gasteiger charge is 2.51. The van der Waals surface area contributed by atoms with Crippen molar-refractivity contribution in [1.82, 2.24) is 9.97 Å². The van der Waals surface area contributed by atoms with Gasteiger partial charge >= 0.3 is 0 Å². The lowest BCUT2D eigenvalue weighted by molar-refractivity contribution is 0.671. The first-order valence-electron chi connectivity index (χ1n) is 22.7. The molecule has 3 heteroatoms. The Hall–Kier alpha value is -8.66. The van der Waals surface area contributed by atoms with Crippen LogP contribution in [-0.4, -0.2) is 9.97 Å². The van der Waals surface area contributed by atoms with Gasteiger partial charge in [-0.2, -0.15) is 0 Å². The first-order valence-corrected chi connectivity index (χ1v) is 22.7. The topological polar surface area (TPSA) is 38.9 Å². The summed E-state index contributed by atoms with van der Waals surface area (Å²) in [5.41, 5.74) is 19.8. The van der Waals surface area contributed by atoms with Crippen LogP contribution in [0.2, 0.25) is 0 Å². The van der Waals surface area contributed by atoms with Crippen molar-refractivity contribution in [1.29, 1.82) is 0 Å². The molecule has 2 aromatic heterocycles. The number of para-hydroxylation sites is 1. The van der Waals surface area contributed by atoms with Gasteiger partial charge in [-0.15, -0.1) is 0 Å². The molecule has 3 nitrogen and oxygen atoms in total. The van der Waals surface area contributed by atoms with Crippen molar-refractivity contribution >= 4 is 65.3 Å². The van der Waals surface area contributed by atoms with E-state index in [1.165, 1.54) is 60.7 Å². The van der Waals surface area contributed by atoms with Crippen molar-refractivity contribution in [2.24, 2.45) is 0 Å². The Bertz CT molecular complexity index is 4150. The van der Waals surface area contributed by atoms with Crippen molar-refractivity contribution < 1.29 is 4.42 Å². The second-order valence-electron chi connectivity index (χ2n) is 17.9. The van der Waals surface area contributed by atoms with Gasteiger partial charge in [-0.25, -0.2) is 4.98 Å². The number of hydrogen-bond acceptors (Lipinski definition) is 3. The normalized spacial score (nSPS) is 13.3. The van der Waals surface area contributed by atoms with Gasteiger partial charge in [-0.3, -0.25) is 4.98 Å². The molecule has 0 unspecified atom stereocenters. The van der Waals surface area contributed by atoms with Crippen LogP contribution in [0.1, 0.15) is 22.3 Å². The molecule has 0 radical (unpaired) electrons. The number of rotatable bonds is 3. The Morgan fingerprint density at radius 2 is 0.864 bits per heavy atom. The van der Waals surface area contributed by atoms with E-state index < -0.39 is 5.41 Å². The molecule has 13 aromatic rings. The monoisotopic (exact) mass is 836 g/mol. The first-order chi connectivity index (χ1) is 32.7. The molecule has 0 bridgehead atoms. The molecule has 2 aliphatic carbocycles. The Morgan fingerprint density at radius 1 is 0.333 bits per heavy atom. The van der Waals surface area contributed by atoms with Crippen LogP contribution in [0, 0.1) is 0 Å². The van der Waals surface area contributed by atoms with Crippen molar-refractivity contribution in [3.05, 3.63) is 241 Å². The van der Waals surface area contributed by atoms with E-state index in [0.717, 1.165) is 82.6 Å². The molecule has 66 heavy (non-hydrogen) atoms. The average Bonchev–Trinajstić information content (AvgIpc) is 4.03. The second kappa shape index (κ2) is 13.2. The zero-order chi connectivity index (χ0) is 43.1. The van der Waals surface area contributed by atoms with E-state index in [4.69, 9.17) is 14.4 Å². The van der Waals surface area contributed by atoms with Crippen LogP contribution in [0.5, 0.6) is 0 Å². The van der Waals surface area contributed by atoms with Crippen molar-refractivity contribution in [2.45, 2.75) is 5.41 Å². The molecule has 304 valence electrons. The molecule has 0 saturated heterocycles. The summed E-state index contributed by atoms with van der Waals surface area (Å²) < 4.78 is 7.31. The third-order valence-corrected chi connectivity index (χ3v) is 14.7. The summed E-state index contributed by atoms with van der Waals surface area (Å²) in [7, 11) is 0. The second-order valence-corrected chi connectivity index (χ2v) is 17.9. The maximum absolute atomic E-state index is 7.31. The van der Waals surface area contributed by atoms with E-state index in [-0.39, 0.29) is 0 Å². The van der Waals surface area contributed by atoms with Gasteiger partial charge in [0.05, 0.1) is 28.3 Å². The van der Waals surface area contributed by atoms with Gasteiger partial charge in [0.15, 0.2) is 0 Å². The van der Waals surface area contributed by atoms with Crippen molar-refractivity contribution in [3.8, 4) is 55.8 Å². The number of furan rings is 1. The summed E-state index contributed by atoms with van der Waals surface area (Å²) in [6.45, 7) is 0. The zero-order valence-electron chi connectivity index (χ0n) is 35.6. The fourth-order valence-electron chi connectivity index (χ4n) is 12.0. The summed E-state index contributed by atoms with van der Waals surface area (Å²) >= 11 is 0. The van der Waals surface area contributed by atoms with Crippen LogP contribution in [-0.2, 0) is 5.41 Å². The highest BCUT2D eigenvalue weighted by Crippen LogP contribution is 2.63. The Balaban J connectivity index is 0.932. The molecular formula is C63H36N2O. The minimum absolute atomic E-state index is 0.429. The average molecular weight is 837 g/mol. The van der Waals surface area contributed by atoms with E-state index >= 15 is 0 Å². The number of hydrogen-bond donors (Lipinski definition) is 0. The lowest BCUT2D eigenvalue weighted by Gasteiger charge is -2.30. The zero-order valence-corrected chi connectivity index (χ0v) is 35.6. The molecule has 0 aliphatic heterocycles. The van der Waals surface area contributed by atoms with E-state index in [1.54, 1.807) is 0 Å². The summed E-state index contributed by atoms with van der Waals surface area (Å²) in [5, 5.41) is 9.15. The summed E-state index contributed by atoms with van der Waals surface area (Å²) in [6, 6.07) is 77.4. The van der Waals surface area contributed by atoms with Crippen LogP contribution in [0.15, 0.2) is 223 Å². The molecule has 0 atom stereocenters. The quantitative estimate of drug-likeness (QED) is 0.166. The largest absolute Gasteiger partial charge is 0.455 e. The lowest BCUT2D eigenvalue weighted by atomic mass is 9.70. The molecule has 11 aromatic carbocycles. The summed E-state index contributed by atoms with van der Waals surface area (Å²) in [6.07, 6.45) is 1.92. The van der Waals surface area contributed by atoms with Gasteiger partial charge in [0, 0.05) is 38.2 Å². The molecule has 0 fully saturated rings. The first kappa shape index (κ1) is 35.8. The smallest absolute Gasteiger partial charge is 0.143 e. The number of aromatic nitrogens is 2. The fraction of sp³-hybridized carbons (Fsp3) is 0.0159. The molecule has 2 heterocycles. The molecule has 0 saturated carbocycles. The fourth-order valence-corrected chi connectivity index (χ4v) is 12.0. The predicted molar refractivity (Wildman–Crippen MR) is 272 cm³/mol. The predicted octanol–water partition coefficient (Wildman–Crippen LogP) is 16.3. The highest BCUT2D eigenvalue weighted by molar-refractivity contribution is 6.25. The number of fused-ring (bicyclic) bond motifs is 21. The van der Waals surface area contributed by atoms with E-state index in [1.807, 2.05) is 6.20 Å². The minimum Gasteiger partial charge on any atom is -0.455 e. The SMILES string of the molecule is c1cc(-c2cnc3c4ccccc4c4ccccc4c3n2)cc(-c2cc3ccccc3c3c2oc2c(-c4ccc5c(c4)C4(c6ccccc6-c6ccccc64)c4ccccc4-5)cccc23)c1. The standard InChI is InChI=1S/C63H36N2O/c1-2-18-41-38(15-1)34-52(37-16-13-17-40(33-37)57-36-64-59-49-24-5-3-19-43(49)44-20-4-6-25-50(44)60(59)65-57)62-58(41)51-27-14-26-42(61(51)66-62)39-31-32-48-47-23-9-12-30-55(47)63(56(48)35-39)53-28-10-7-21-45(53)46-22-8-11-29-54(46)63/h1-36H. The summed E-state index contributed by atoms with van der Waals surface area (Å²) in [5.74, 6) is 0. The molecule has 0 N–H and O–H groups in total. The van der Waals surface area contributed by atoms with Crippen molar-refractivity contribution in [3.63, 3.8) is 0 Å². The van der Waals surface area contributed by atoms with Crippen molar-refractivity contribution in [2.75, 3.05) is 0 Å². The Labute approximate surface area is 379 Å². The van der Waals surface area contributed by atoms with Crippen LogP contribution in [0.25, 0.3) is 121 Å². The Morgan fingerprint density at radius 3 is 1.58 bits per heavy atom. The van der Waals surface area contributed by atoms with Gasteiger partial charge in [-0.1, -0.05) is 194 Å². The van der Waals surface area contributed by atoms with Crippen LogP contribution >= 0.6 is 0 Å². The van der Waals surface area contributed by atoms with Gasteiger partial charge < -0.3 is 4.42 Å². The van der Waals surface area contributed by atoms with Gasteiger partial charge in [-0.05, 0) is 95.4 Å². The molecular weight excluding hydrogens is 801 g/mol. The number of nitrogens with zero attached hydrogens (tertiary/aromatic N) is 2. The Kier molecular flexibility index (Phi) is 7.15. The van der Waals surface area contributed by atoms with Gasteiger partial charge in [0.25, 0.3) is 0 Å². The van der Waals surface area contributed by atoms with Crippen LogP contribution in [0.4, 0.5) is 0 Å². The number of benzene rings is 11. The minimum atomic E-state index is -0.429. The summed E-state index contributed by atoms with van der Waals surface area (Å²) in [4.78, 5) is 10.4. The highest BCUT2D eigenvalue weighted by atomic mass is 16.3. The molecule has 0 amide bonds. The van der Waals surface area contributed by atoms with Gasteiger partial charge in [0.1, 0.15) is 11.2 Å². The maximum Gasteiger partial charge on any atom is 0.143 e. The maximum atomic E-state index is 7.31.